The van der Waals surface area contributed by atoms with Gasteiger partial charge in [-0.2, -0.15) is 4.37 Å². The monoisotopic (exact) mass is 282 g/mol. The lowest BCUT2D eigenvalue weighted by molar-refractivity contribution is 0.0953. The molecule has 106 valence electrons. The summed E-state index contributed by atoms with van der Waals surface area (Å²) >= 11 is 1.27. The van der Waals surface area contributed by atoms with Gasteiger partial charge < -0.3 is 16.4 Å². The van der Waals surface area contributed by atoms with Crippen molar-refractivity contribution in [3.8, 4) is 0 Å². The van der Waals surface area contributed by atoms with Gasteiger partial charge in [-0.1, -0.05) is 19.8 Å². The number of nitrogens with two attached hydrogens (primary N) is 1. The van der Waals surface area contributed by atoms with Gasteiger partial charge in [0.2, 0.25) is 0 Å². The fourth-order valence-electron chi connectivity index (χ4n) is 1.91. The molecule has 1 aliphatic rings. The lowest BCUT2D eigenvalue weighted by Crippen LogP contribution is -2.27. The van der Waals surface area contributed by atoms with E-state index >= 15 is 0 Å². The molecule has 1 heterocycles. The maximum atomic E-state index is 12.1. The minimum Gasteiger partial charge on any atom is -0.382 e. The average molecular weight is 282 g/mol. The normalized spacial score (nSPS) is 16.1. The summed E-state index contributed by atoms with van der Waals surface area (Å²) in [4.78, 5) is 12.1. The zero-order valence-corrected chi connectivity index (χ0v) is 12.3. The highest BCUT2D eigenvalue weighted by Gasteiger charge is 2.27. The Bertz CT molecular complexity index is 442. The van der Waals surface area contributed by atoms with Gasteiger partial charge in [-0.3, -0.25) is 4.79 Å². The summed E-state index contributed by atoms with van der Waals surface area (Å²) in [6.07, 6.45) is 5.56. The van der Waals surface area contributed by atoms with Gasteiger partial charge in [-0.25, -0.2) is 0 Å². The third kappa shape index (κ3) is 3.83. The smallest absolute Gasteiger partial charge is 0.258 e. The van der Waals surface area contributed by atoms with Crippen LogP contribution in [0.1, 0.15) is 56.3 Å². The van der Waals surface area contributed by atoms with Crippen molar-refractivity contribution in [2.45, 2.75) is 58.0 Å². The van der Waals surface area contributed by atoms with Gasteiger partial charge in [-0.05, 0) is 37.7 Å². The Kier molecular flexibility index (Phi) is 4.63. The second-order valence-corrected chi connectivity index (χ2v) is 5.98. The number of unbranched alkanes of at least 4 members (excludes halogenated alkanes) is 1. The van der Waals surface area contributed by atoms with Crippen molar-refractivity contribution >= 4 is 28.3 Å². The molecule has 19 heavy (non-hydrogen) atoms. The molecule has 0 bridgehead atoms. The summed E-state index contributed by atoms with van der Waals surface area (Å²) in [5.41, 5.74) is 6.33. The summed E-state index contributed by atoms with van der Waals surface area (Å²) in [7, 11) is 0. The van der Waals surface area contributed by atoms with Crippen molar-refractivity contribution in [3.63, 3.8) is 0 Å². The third-order valence-corrected chi connectivity index (χ3v) is 4.02. The van der Waals surface area contributed by atoms with Crippen molar-refractivity contribution in [2.24, 2.45) is 0 Å². The first-order valence-electron chi connectivity index (χ1n) is 6.94. The second-order valence-electron chi connectivity index (χ2n) is 5.21. The minimum atomic E-state index is -0.0982. The molecule has 0 aliphatic heterocycles. The van der Waals surface area contributed by atoms with Gasteiger partial charge >= 0.3 is 0 Å². The zero-order chi connectivity index (χ0) is 13.8. The molecule has 1 fully saturated rings. The molecule has 4 N–H and O–H groups in total. The van der Waals surface area contributed by atoms with Gasteiger partial charge in [0, 0.05) is 12.1 Å². The Morgan fingerprint density at radius 1 is 1.58 bits per heavy atom. The number of carbonyl (C=O) groups is 1. The number of hydrogen-bond donors (Lipinski definition) is 3. The zero-order valence-electron chi connectivity index (χ0n) is 11.5. The van der Waals surface area contributed by atoms with Crippen LogP contribution in [0.15, 0.2) is 0 Å². The molecule has 0 saturated heterocycles. The number of amides is 1. The summed E-state index contributed by atoms with van der Waals surface area (Å²) < 4.78 is 4.09. The van der Waals surface area contributed by atoms with Crippen LogP contribution in [-0.4, -0.2) is 22.4 Å². The van der Waals surface area contributed by atoms with Gasteiger partial charge in [-0.15, -0.1) is 0 Å². The number of nitrogen functional groups attached to an aromatic ring is 1. The predicted molar refractivity (Wildman–Crippen MR) is 79.6 cm³/mol. The number of carbonyl (C=O) groups excluding carboxylic acids is 1. The second kappa shape index (κ2) is 6.23. The lowest BCUT2D eigenvalue weighted by atomic mass is 10.1. The molecule has 1 amide bonds. The summed E-state index contributed by atoms with van der Waals surface area (Å²) in [5.74, 6) is 0.229. The van der Waals surface area contributed by atoms with Gasteiger partial charge in [0.25, 0.3) is 5.91 Å². The molecule has 1 saturated carbocycles. The summed E-state index contributed by atoms with van der Waals surface area (Å²) in [5, 5.41) is 7.11. The Labute approximate surface area is 118 Å². The van der Waals surface area contributed by atoms with Crippen LogP contribution in [0.2, 0.25) is 0 Å². The molecule has 0 spiro atoms. The van der Waals surface area contributed by atoms with Crippen LogP contribution in [0.25, 0.3) is 0 Å². The van der Waals surface area contributed by atoms with Crippen LogP contribution in [0.5, 0.6) is 0 Å². The fraction of sp³-hybridized carbons (Fsp3) is 0.692. The molecule has 2 rings (SSSR count). The van der Waals surface area contributed by atoms with Crippen molar-refractivity contribution in [3.05, 3.63) is 5.56 Å². The van der Waals surface area contributed by atoms with E-state index in [-0.39, 0.29) is 5.91 Å². The molecule has 1 aliphatic carbocycles. The van der Waals surface area contributed by atoms with E-state index in [2.05, 4.69) is 28.9 Å². The van der Waals surface area contributed by atoms with Crippen LogP contribution < -0.4 is 16.4 Å². The molecule has 1 atom stereocenters. The van der Waals surface area contributed by atoms with E-state index in [1.807, 2.05) is 0 Å². The Balaban J connectivity index is 2.01. The van der Waals surface area contributed by atoms with Gasteiger partial charge in [0.15, 0.2) is 5.82 Å². The largest absolute Gasteiger partial charge is 0.382 e. The highest BCUT2D eigenvalue weighted by atomic mass is 32.1. The van der Waals surface area contributed by atoms with E-state index in [1.54, 1.807) is 0 Å². The number of anilines is 2. The Hall–Kier alpha value is -1.30. The van der Waals surface area contributed by atoms with Crippen LogP contribution in [0.3, 0.4) is 0 Å². The number of nitrogens with one attached hydrogen (secondary N) is 2. The van der Waals surface area contributed by atoms with Gasteiger partial charge in [0.1, 0.15) is 10.6 Å². The molecule has 5 nitrogen and oxygen atoms in total. The molecule has 6 heteroatoms. The molecule has 1 unspecified atom stereocenters. The summed E-state index contributed by atoms with van der Waals surface area (Å²) in [6, 6.07) is 0.657. The number of aromatic nitrogens is 1. The van der Waals surface area contributed by atoms with Crippen LogP contribution in [-0.2, 0) is 0 Å². The molecular weight excluding hydrogens is 260 g/mol. The average Bonchev–Trinajstić information content (AvgIpc) is 3.10. The van der Waals surface area contributed by atoms with Crippen molar-refractivity contribution < 1.29 is 4.79 Å². The molecule has 1 aromatic heterocycles. The maximum Gasteiger partial charge on any atom is 0.258 e. The van der Waals surface area contributed by atoms with Crippen molar-refractivity contribution in [2.75, 3.05) is 11.1 Å². The molecule has 1 aromatic rings. The third-order valence-electron chi connectivity index (χ3n) is 3.23. The van der Waals surface area contributed by atoms with Crippen molar-refractivity contribution in [1.82, 2.24) is 9.69 Å². The quantitative estimate of drug-likeness (QED) is 0.718. The van der Waals surface area contributed by atoms with Crippen LogP contribution >= 0.6 is 11.5 Å². The van der Waals surface area contributed by atoms with Crippen molar-refractivity contribution in [1.29, 1.82) is 0 Å². The SMILES string of the molecule is CCCCC(C)Nc1snc(N)c1C(=O)NC1CC1. The first kappa shape index (κ1) is 14.1. The first-order valence-corrected chi connectivity index (χ1v) is 7.71. The van der Waals surface area contributed by atoms with E-state index in [0.717, 1.165) is 24.3 Å². The highest BCUT2D eigenvalue weighted by Crippen LogP contribution is 2.29. The Morgan fingerprint density at radius 3 is 2.95 bits per heavy atom. The molecule has 0 aromatic carbocycles. The standard InChI is InChI=1S/C13H22N4OS/c1-3-4-5-8(2)15-13-10(11(14)17-19-13)12(18)16-9-6-7-9/h8-9,15H,3-7H2,1-2H3,(H2,14,17)(H,16,18). The van der Waals surface area contributed by atoms with Crippen LogP contribution in [0, 0.1) is 0 Å². The number of rotatable bonds is 7. The van der Waals surface area contributed by atoms with Gasteiger partial charge in [0.05, 0.1) is 0 Å². The topological polar surface area (TPSA) is 80.0 Å². The number of hydrogen-bond acceptors (Lipinski definition) is 5. The van der Waals surface area contributed by atoms with E-state index in [1.165, 1.54) is 24.4 Å². The minimum absolute atomic E-state index is 0.0982. The van der Waals surface area contributed by atoms with E-state index in [4.69, 9.17) is 5.73 Å². The first-order chi connectivity index (χ1) is 9.11. The predicted octanol–water partition coefficient (Wildman–Crippen LogP) is 2.61. The van der Waals surface area contributed by atoms with Crippen LogP contribution in [0.4, 0.5) is 10.8 Å². The molecular formula is C13H22N4OS. The highest BCUT2D eigenvalue weighted by molar-refractivity contribution is 7.11. The van der Waals surface area contributed by atoms with E-state index < -0.39 is 0 Å². The lowest BCUT2D eigenvalue weighted by Gasteiger charge is -2.14. The summed E-state index contributed by atoms with van der Waals surface area (Å²) in [6.45, 7) is 4.29. The molecule has 0 radical (unpaired) electrons. The maximum absolute atomic E-state index is 12.1. The fourth-order valence-corrected chi connectivity index (χ4v) is 2.74. The van der Waals surface area contributed by atoms with E-state index in [9.17, 15) is 4.79 Å². The number of nitrogens with zero attached hydrogens (tertiary/aromatic N) is 1. The Morgan fingerprint density at radius 2 is 2.32 bits per heavy atom. The van der Waals surface area contributed by atoms with E-state index in [0.29, 0.717) is 23.5 Å².